The molecule has 2 N–H and O–H groups in total. The highest BCUT2D eigenvalue weighted by Gasteiger charge is 2.11. The van der Waals surface area contributed by atoms with E-state index >= 15 is 0 Å². The van der Waals surface area contributed by atoms with Gasteiger partial charge < -0.3 is 15.0 Å². The predicted molar refractivity (Wildman–Crippen MR) is 115 cm³/mol. The van der Waals surface area contributed by atoms with E-state index in [-0.39, 0.29) is 0 Å². The first-order valence-electron chi connectivity index (χ1n) is 9.51. The number of pyridine rings is 1. The van der Waals surface area contributed by atoms with E-state index in [2.05, 4.69) is 28.9 Å². The van der Waals surface area contributed by atoms with E-state index in [1.807, 2.05) is 61.5 Å². The summed E-state index contributed by atoms with van der Waals surface area (Å²) in [6.45, 7) is 6.32. The lowest BCUT2D eigenvalue weighted by Gasteiger charge is -2.06. The van der Waals surface area contributed by atoms with Crippen LogP contribution < -0.4 is 10.5 Å². The number of nitrogens with zero attached hydrogens (tertiary/aromatic N) is 2. The SMILES string of the molecule is C=C(N)/C(=C\C=C/C)c1cc(Cc2ccc(OCCc3ccccc3)nc2)no1. The maximum atomic E-state index is 5.86. The molecule has 0 radical (unpaired) electrons. The predicted octanol–water partition coefficient (Wildman–Crippen LogP) is 4.71. The molecule has 2 heterocycles. The molecule has 0 saturated heterocycles. The minimum atomic E-state index is 0.435. The van der Waals surface area contributed by atoms with E-state index in [0.29, 0.717) is 30.4 Å². The molecule has 0 bridgehead atoms. The van der Waals surface area contributed by atoms with Gasteiger partial charge in [-0.25, -0.2) is 4.98 Å². The van der Waals surface area contributed by atoms with Gasteiger partial charge >= 0.3 is 0 Å². The van der Waals surface area contributed by atoms with Crippen LogP contribution in [0.3, 0.4) is 0 Å². The van der Waals surface area contributed by atoms with Crippen molar-refractivity contribution in [3.8, 4) is 5.88 Å². The van der Waals surface area contributed by atoms with Gasteiger partial charge in [-0.2, -0.15) is 0 Å². The topological polar surface area (TPSA) is 74.2 Å². The van der Waals surface area contributed by atoms with E-state index in [1.165, 1.54) is 5.56 Å². The third-order valence-electron chi connectivity index (χ3n) is 4.29. The van der Waals surface area contributed by atoms with Gasteiger partial charge in [0.05, 0.1) is 12.3 Å². The van der Waals surface area contributed by atoms with Gasteiger partial charge in [-0.3, -0.25) is 0 Å². The molecule has 0 unspecified atom stereocenters. The number of hydrogen-bond acceptors (Lipinski definition) is 5. The molecule has 0 spiro atoms. The molecule has 0 amide bonds. The summed E-state index contributed by atoms with van der Waals surface area (Å²) in [5.41, 5.74) is 10.1. The first kappa shape index (κ1) is 20.1. The van der Waals surface area contributed by atoms with Crippen molar-refractivity contribution in [3.05, 3.63) is 108 Å². The van der Waals surface area contributed by atoms with Crippen LogP contribution in [0.4, 0.5) is 0 Å². The molecular formula is C24H25N3O2. The zero-order valence-electron chi connectivity index (χ0n) is 16.5. The van der Waals surface area contributed by atoms with E-state index in [9.17, 15) is 0 Å². The third kappa shape index (κ3) is 5.94. The van der Waals surface area contributed by atoms with Crippen LogP contribution in [0.15, 0.2) is 89.8 Å². The minimum absolute atomic E-state index is 0.435. The Morgan fingerprint density at radius 3 is 2.69 bits per heavy atom. The van der Waals surface area contributed by atoms with Gasteiger partial charge in [-0.1, -0.05) is 60.3 Å². The van der Waals surface area contributed by atoms with E-state index < -0.39 is 0 Å². The normalized spacial score (nSPS) is 11.7. The quantitative estimate of drug-likeness (QED) is 0.538. The summed E-state index contributed by atoms with van der Waals surface area (Å²) < 4.78 is 11.2. The Balaban J connectivity index is 1.57. The zero-order valence-corrected chi connectivity index (χ0v) is 16.5. The summed E-state index contributed by atoms with van der Waals surface area (Å²) in [5.74, 6) is 1.21. The average Bonchev–Trinajstić information content (AvgIpc) is 3.18. The minimum Gasteiger partial charge on any atom is -0.477 e. The average molecular weight is 387 g/mol. The lowest BCUT2D eigenvalue weighted by molar-refractivity contribution is 0.309. The van der Waals surface area contributed by atoms with Crippen molar-refractivity contribution in [1.82, 2.24) is 10.1 Å². The van der Waals surface area contributed by atoms with Crippen molar-refractivity contribution in [3.63, 3.8) is 0 Å². The van der Waals surface area contributed by atoms with Crippen molar-refractivity contribution in [1.29, 1.82) is 0 Å². The van der Waals surface area contributed by atoms with Crippen molar-refractivity contribution >= 4 is 5.57 Å². The summed E-state index contributed by atoms with van der Waals surface area (Å²) in [7, 11) is 0. The Morgan fingerprint density at radius 1 is 1.17 bits per heavy atom. The van der Waals surface area contributed by atoms with Gasteiger partial charge in [-0.15, -0.1) is 0 Å². The molecule has 29 heavy (non-hydrogen) atoms. The lowest BCUT2D eigenvalue weighted by Crippen LogP contribution is -2.02. The molecule has 5 nitrogen and oxygen atoms in total. The zero-order chi connectivity index (χ0) is 20.5. The van der Waals surface area contributed by atoms with Crippen LogP contribution in [0.2, 0.25) is 0 Å². The maximum Gasteiger partial charge on any atom is 0.213 e. The second kappa shape index (κ2) is 10.1. The number of allylic oxidation sites excluding steroid dienone is 4. The third-order valence-corrected chi connectivity index (χ3v) is 4.29. The number of rotatable bonds is 9. The van der Waals surface area contributed by atoms with Gasteiger partial charge in [0.1, 0.15) is 0 Å². The number of benzene rings is 1. The number of hydrogen-bond donors (Lipinski definition) is 1. The summed E-state index contributed by atoms with van der Waals surface area (Å²) in [4.78, 5) is 4.38. The first-order chi connectivity index (χ1) is 14.2. The summed E-state index contributed by atoms with van der Waals surface area (Å²) in [6.07, 6.45) is 8.90. The van der Waals surface area contributed by atoms with Crippen molar-refractivity contribution in [2.45, 2.75) is 19.8 Å². The Morgan fingerprint density at radius 2 is 2.00 bits per heavy atom. The van der Waals surface area contributed by atoms with Gasteiger partial charge in [0.15, 0.2) is 5.76 Å². The number of aromatic nitrogens is 2. The second-order valence-electron chi connectivity index (χ2n) is 6.58. The molecule has 0 fully saturated rings. The molecule has 3 rings (SSSR count). The molecule has 148 valence electrons. The van der Waals surface area contributed by atoms with Gasteiger partial charge in [0, 0.05) is 42.4 Å². The van der Waals surface area contributed by atoms with Crippen LogP contribution in [-0.2, 0) is 12.8 Å². The molecule has 0 saturated carbocycles. The molecule has 2 aromatic heterocycles. The van der Waals surface area contributed by atoms with Crippen molar-refractivity contribution < 1.29 is 9.26 Å². The Labute approximate surface area is 171 Å². The molecule has 0 aliphatic heterocycles. The van der Waals surface area contributed by atoms with Crippen LogP contribution >= 0.6 is 0 Å². The van der Waals surface area contributed by atoms with E-state index in [1.54, 1.807) is 6.20 Å². The van der Waals surface area contributed by atoms with Crippen LogP contribution in [-0.4, -0.2) is 16.7 Å². The van der Waals surface area contributed by atoms with E-state index in [4.69, 9.17) is 15.0 Å². The Hall–Kier alpha value is -3.60. The smallest absolute Gasteiger partial charge is 0.213 e. The maximum absolute atomic E-state index is 5.86. The summed E-state index contributed by atoms with van der Waals surface area (Å²) in [6, 6.07) is 16.0. The fraction of sp³-hybridized carbons (Fsp3) is 0.167. The van der Waals surface area contributed by atoms with Crippen LogP contribution in [0, 0.1) is 0 Å². The molecule has 5 heteroatoms. The number of nitrogens with two attached hydrogens (primary N) is 1. The number of ether oxygens (including phenoxy) is 1. The van der Waals surface area contributed by atoms with Crippen molar-refractivity contribution in [2.24, 2.45) is 5.73 Å². The molecule has 0 atom stereocenters. The summed E-state index contributed by atoms with van der Waals surface area (Å²) >= 11 is 0. The van der Waals surface area contributed by atoms with Gasteiger partial charge in [0.2, 0.25) is 5.88 Å². The highest BCUT2D eigenvalue weighted by atomic mass is 16.5. The van der Waals surface area contributed by atoms with Crippen LogP contribution in [0.25, 0.3) is 5.57 Å². The second-order valence-corrected chi connectivity index (χ2v) is 6.58. The monoisotopic (exact) mass is 387 g/mol. The fourth-order valence-corrected chi connectivity index (χ4v) is 2.79. The van der Waals surface area contributed by atoms with Crippen LogP contribution in [0.1, 0.15) is 29.5 Å². The molecule has 3 aromatic rings. The molecular weight excluding hydrogens is 362 g/mol. The highest BCUT2D eigenvalue weighted by molar-refractivity contribution is 5.75. The fourth-order valence-electron chi connectivity index (χ4n) is 2.79. The Kier molecular flexibility index (Phi) is 7.00. The van der Waals surface area contributed by atoms with E-state index in [0.717, 1.165) is 23.3 Å². The van der Waals surface area contributed by atoms with Gasteiger partial charge in [0.25, 0.3) is 0 Å². The largest absolute Gasteiger partial charge is 0.477 e. The molecule has 0 aliphatic carbocycles. The molecule has 1 aromatic carbocycles. The van der Waals surface area contributed by atoms with Crippen molar-refractivity contribution in [2.75, 3.05) is 6.61 Å². The molecule has 0 aliphatic rings. The first-order valence-corrected chi connectivity index (χ1v) is 9.51. The highest BCUT2D eigenvalue weighted by Crippen LogP contribution is 2.21. The van der Waals surface area contributed by atoms with Crippen LogP contribution in [0.5, 0.6) is 5.88 Å². The Bertz CT molecular complexity index is 986. The standard InChI is InChI=1S/C24H25N3O2/c1-3-4-10-22(18(2)25)23-16-21(27-29-23)15-20-11-12-24(26-17-20)28-14-13-19-8-6-5-7-9-19/h3-12,16-17H,2,13-15,25H2,1H3/b4-3-,22-10+. The summed E-state index contributed by atoms with van der Waals surface area (Å²) in [5, 5.41) is 4.13. The van der Waals surface area contributed by atoms with Gasteiger partial charge in [-0.05, 0) is 24.1 Å². The lowest BCUT2D eigenvalue weighted by atomic mass is 10.1.